The number of methoxy groups -OCH3 is 1. The van der Waals surface area contributed by atoms with E-state index in [4.69, 9.17) is 10.5 Å². The lowest BCUT2D eigenvalue weighted by molar-refractivity contribution is 0.415. The Morgan fingerprint density at radius 3 is 3.00 bits per heavy atom. The Morgan fingerprint density at radius 1 is 1.38 bits per heavy atom. The minimum absolute atomic E-state index is 0.398. The standard InChI is InChI=1S/C10H9N2O/c1-13-8-5-7-3-2-4-12-10(7)9(11)6-8/h2-6,11H,1H3. The van der Waals surface area contributed by atoms with Gasteiger partial charge in [0.1, 0.15) is 5.75 Å². The second-order valence-corrected chi connectivity index (χ2v) is 2.75. The van der Waals surface area contributed by atoms with Gasteiger partial charge < -0.3 is 4.74 Å². The molecule has 2 aromatic rings. The van der Waals surface area contributed by atoms with Gasteiger partial charge in [0.15, 0.2) is 0 Å². The van der Waals surface area contributed by atoms with Gasteiger partial charge in [-0.05, 0) is 12.1 Å². The van der Waals surface area contributed by atoms with Crippen LogP contribution < -0.4 is 10.5 Å². The average molecular weight is 173 g/mol. The van der Waals surface area contributed by atoms with Gasteiger partial charge in [0, 0.05) is 17.6 Å². The van der Waals surface area contributed by atoms with Crippen molar-refractivity contribution in [1.29, 1.82) is 0 Å². The number of rotatable bonds is 1. The summed E-state index contributed by atoms with van der Waals surface area (Å²) in [4.78, 5) is 4.11. The van der Waals surface area contributed by atoms with Crippen LogP contribution in [0.15, 0.2) is 30.5 Å². The van der Waals surface area contributed by atoms with Gasteiger partial charge >= 0.3 is 0 Å². The zero-order valence-corrected chi connectivity index (χ0v) is 7.24. The molecule has 0 aliphatic rings. The molecule has 3 nitrogen and oxygen atoms in total. The minimum atomic E-state index is 0.398. The van der Waals surface area contributed by atoms with Gasteiger partial charge in [-0.15, -0.1) is 0 Å². The van der Waals surface area contributed by atoms with Crippen molar-refractivity contribution < 1.29 is 4.74 Å². The number of hydrogen-bond acceptors (Lipinski definition) is 2. The highest BCUT2D eigenvalue weighted by atomic mass is 16.5. The maximum absolute atomic E-state index is 7.67. The lowest BCUT2D eigenvalue weighted by Gasteiger charge is -2.03. The van der Waals surface area contributed by atoms with Gasteiger partial charge in [0.25, 0.3) is 0 Å². The fourth-order valence-corrected chi connectivity index (χ4v) is 1.28. The molecule has 0 fully saturated rings. The van der Waals surface area contributed by atoms with Crippen molar-refractivity contribution in [1.82, 2.24) is 10.7 Å². The van der Waals surface area contributed by atoms with E-state index in [9.17, 15) is 0 Å². The lowest BCUT2D eigenvalue weighted by atomic mass is 10.2. The van der Waals surface area contributed by atoms with Crippen molar-refractivity contribution in [2.45, 2.75) is 0 Å². The number of aromatic nitrogens is 1. The van der Waals surface area contributed by atoms with Crippen LogP contribution in [-0.2, 0) is 0 Å². The van der Waals surface area contributed by atoms with E-state index in [1.165, 1.54) is 0 Å². The molecule has 1 aromatic carbocycles. The Bertz CT molecular complexity index is 440. The number of hydrogen-bond donors (Lipinski definition) is 0. The number of pyridine rings is 1. The van der Waals surface area contributed by atoms with Crippen molar-refractivity contribution in [2.24, 2.45) is 0 Å². The predicted octanol–water partition coefficient (Wildman–Crippen LogP) is 2.16. The molecular weight excluding hydrogens is 164 g/mol. The monoisotopic (exact) mass is 173 g/mol. The first-order valence-electron chi connectivity index (χ1n) is 3.95. The molecule has 0 spiro atoms. The van der Waals surface area contributed by atoms with Crippen LogP contribution in [0.1, 0.15) is 0 Å². The van der Waals surface area contributed by atoms with E-state index in [0.717, 1.165) is 5.39 Å². The van der Waals surface area contributed by atoms with Gasteiger partial charge in [0.2, 0.25) is 0 Å². The third-order valence-corrected chi connectivity index (χ3v) is 1.91. The Labute approximate surface area is 76.2 Å². The first-order chi connectivity index (χ1) is 6.31. The third-order valence-electron chi connectivity index (χ3n) is 1.91. The fourth-order valence-electron chi connectivity index (χ4n) is 1.28. The molecule has 0 unspecified atom stereocenters. The SMILES string of the molecule is COc1cc([NH])c2ncccc2c1. The molecular formula is C10H9N2O. The molecule has 0 bridgehead atoms. The van der Waals surface area contributed by atoms with Crippen LogP contribution >= 0.6 is 0 Å². The molecule has 0 amide bonds. The molecule has 1 radical (unpaired) electrons. The van der Waals surface area contributed by atoms with Crippen LogP contribution in [0.4, 0.5) is 5.69 Å². The molecule has 1 aromatic heterocycles. The molecule has 3 heteroatoms. The number of nitrogens with one attached hydrogen (secondary N) is 1. The van der Waals surface area contributed by atoms with Crippen molar-refractivity contribution >= 4 is 16.6 Å². The maximum atomic E-state index is 7.67. The summed E-state index contributed by atoms with van der Waals surface area (Å²) in [7, 11) is 1.59. The summed E-state index contributed by atoms with van der Waals surface area (Å²) in [5, 5.41) is 0.937. The van der Waals surface area contributed by atoms with E-state index in [2.05, 4.69) is 4.98 Å². The van der Waals surface area contributed by atoms with E-state index in [-0.39, 0.29) is 0 Å². The minimum Gasteiger partial charge on any atom is -0.497 e. The zero-order valence-electron chi connectivity index (χ0n) is 7.24. The topological polar surface area (TPSA) is 45.9 Å². The van der Waals surface area contributed by atoms with Crippen LogP contribution in [0.3, 0.4) is 0 Å². The highest BCUT2D eigenvalue weighted by Gasteiger charge is 2.01. The maximum Gasteiger partial charge on any atom is 0.121 e. The quantitative estimate of drug-likeness (QED) is 0.663. The summed E-state index contributed by atoms with van der Waals surface area (Å²) in [6.45, 7) is 0. The summed E-state index contributed by atoms with van der Waals surface area (Å²) in [5.41, 5.74) is 8.77. The van der Waals surface area contributed by atoms with Crippen LogP contribution in [0.5, 0.6) is 5.75 Å². The van der Waals surface area contributed by atoms with E-state index in [0.29, 0.717) is 17.0 Å². The first kappa shape index (κ1) is 7.86. The van der Waals surface area contributed by atoms with Gasteiger partial charge in [-0.3, -0.25) is 10.7 Å². The van der Waals surface area contributed by atoms with Gasteiger partial charge in [-0.1, -0.05) is 6.07 Å². The molecule has 65 valence electrons. The molecule has 0 saturated carbocycles. The molecule has 1 N–H and O–H groups in total. The highest BCUT2D eigenvalue weighted by Crippen LogP contribution is 2.25. The third kappa shape index (κ3) is 1.28. The summed E-state index contributed by atoms with van der Waals surface area (Å²) >= 11 is 0. The molecule has 0 aliphatic carbocycles. The van der Waals surface area contributed by atoms with Gasteiger partial charge in [-0.2, -0.15) is 0 Å². The van der Waals surface area contributed by atoms with Crippen molar-refractivity contribution in [3.63, 3.8) is 0 Å². The van der Waals surface area contributed by atoms with Crippen LogP contribution in [0, 0.1) is 0 Å². The summed E-state index contributed by atoms with van der Waals surface area (Å²) < 4.78 is 5.06. The number of benzene rings is 1. The second kappa shape index (κ2) is 2.94. The molecule has 0 atom stereocenters. The summed E-state index contributed by atoms with van der Waals surface area (Å²) in [6, 6.07) is 7.31. The van der Waals surface area contributed by atoms with Crippen molar-refractivity contribution in [3.05, 3.63) is 30.5 Å². The number of ether oxygens (including phenoxy) is 1. The Balaban J connectivity index is 2.77. The number of fused-ring (bicyclic) bond motifs is 1. The summed E-state index contributed by atoms with van der Waals surface area (Å²) in [6.07, 6.45) is 1.69. The van der Waals surface area contributed by atoms with Crippen molar-refractivity contribution in [2.75, 3.05) is 7.11 Å². The van der Waals surface area contributed by atoms with Crippen LogP contribution in [0.2, 0.25) is 0 Å². The van der Waals surface area contributed by atoms with E-state index in [1.54, 1.807) is 19.4 Å². The normalized spacial score (nSPS) is 10.2. The molecule has 13 heavy (non-hydrogen) atoms. The largest absolute Gasteiger partial charge is 0.497 e. The van der Waals surface area contributed by atoms with E-state index in [1.807, 2.05) is 18.2 Å². The number of nitrogens with zero attached hydrogens (tertiary/aromatic N) is 1. The zero-order chi connectivity index (χ0) is 9.26. The average Bonchev–Trinajstić information content (AvgIpc) is 2.18. The molecule has 1 heterocycles. The predicted molar refractivity (Wildman–Crippen MR) is 51.1 cm³/mol. The van der Waals surface area contributed by atoms with Crippen LogP contribution in [0.25, 0.3) is 10.9 Å². The van der Waals surface area contributed by atoms with Crippen LogP contribution in [-0.4, -0.2) is 12.1 Å². The molecule has 0 aliphatic heterocycles. The first-order valence-corrected chi connectivity index (χ1v) is 3.95. The highest BCUT2D eigenvalue weighted by molar-refractivity contribution is 5.89. The van der Waals surface area contributed by atoms with Gasteiger partial charge in [0.05, 0.1) is 18.3 Å². The van der Waals surface area contributed by atoms with E-state index < -0.39 is 0 Å². The Morgan fingerprint density at radius 2 is 2.23 bits per heavy atom. The van der Waals surface area contributed by atoms with Crippen molar-refractivity contribution in [3.8, 4) is 5.75 Å². The van der Waals surface area contributed by atoms with Gasteiger partial charge in [-0.25, -0.2) is 0 Å². The fraction of sp³-hybridized carbons (Fsp3) is 0.100. The smallest absolute Gasteiger partial charge is 0.121 e. The Hall–Kier alpha value is -1.77. The summed E-state index contributed by atoms with van der Waals surface area (Å²) in [5.74, 6) is 0.700. The lowest BCUT2D eigenvalue weighted by Crippen LogP contribution is -1.85. The molecule has 0 saturated heterocycles. The molecule has 2 rings (SSSR count). The second-order valence-electron chi connectivity index (χ2n) is 2.75. The van der Waals surface area contributed by atoms with E-state index >= 15 is 0 Å². The Kier molecular flexibility index (Phi) is 1.77.